The van der Waals surface area contributed by atoms with Gasteiger partial charge in [-0.15, -0.1) is 0 Å². The van der Waals surface area contributed by atoms with Crippen molar-refractivity contribution < 1.29 is 4.39 Å². The largest absolute Gasteiger partial charge is 0.355 e. The molecule has 2 nitrogen and oxygen atoms in total. The number of halogens is 1. The predicted molar refractivity (Wildman–Crippen MR) is 82.8 cm³/mol. The normalized spacial score (nSPS) is 12.6. The van der Waals surface area contributed by atoms with Crippen LogP contribution < -0.4 is 5.32 Å². The van der Waals surface area contributed by atoms with Gasteiger partial charge >= 0.3 is 0 Å². The van der Waals surface area contributed by atoms with Crippen LogP contribution in [-0.2, 0) is 0 Å². The van der Waals surface area contributed by atoms with Crippen LogP contribution in [-0.4, -0.2) is 4.98 Å². The van der Waals surface area contributed by atoms with Crippen molar-refractivity contribution in [1.29, 1.82) is 0 Å². The molecule has 3 aromatic rings. The number of aromatic nitrogens is 1. The first-order valence-corrected chi connectivity index (χ1v) is 7.33. The smallest absolute Gasteiger partial charge is 0.184 e. The number of anilines is 1. The zero-order valence-corrected chi connectivity index (χ0v) is 12.2. The van der Waals surface area contributed by atoms with E-state index in [2.05, 4.69) is 36.3 Å². The molecule has 0 amide bonds. The summed E-state index contributed by atoms with van der Waals surface area (Å²) in [5, 5.41) is 4.21. The Hall–Kier alpha value is -1.94. The van der Waals surface area contributed by atoms with Gasteiger partial charge in [-0.05, 0) is 43.2 Å². The fourth-order valence-electron chi connectivity index (χ4n) is 2.30. The van der Waals surface area contributed by atoms with Crippen molar-refractivity contribution in [2.24, 2.45) is 0 Å². The highest BCUT2D eigenvalue weighted by Crippen LogP contribution is 2.29. The number of hydrogen-bond acceptors (Lipinski definition) is 3. The summed E-state index contributed by atoms with van der Waals surface area (Å²) in [6.07, 6.45) is 0. The van der Waals surface area contributed by atoms with Crippen LogP contribution >= 0.6 is 11.3 Å². The topological polar surface area (TPSA) is 24.9 Å². The predicted octanol–water partition coefficient (Wildman–Crippen LogP) is 4.92. The van der Waals surface area contributed by atoms with Crippen molar-refractivity contribution in [2.45, 2.75) is 19.9 Å². The van der Waals surface area contributed by atoms with Gasteiger partial charge in [-0.25, -0.2) is 9.37 Å². The van der Waals surface area contributed by atoms with E-state index in [1.165, 1.54) is 34.6 Å². The molecule has 1 atom stereocenters. The fourth-order valence-corrected chi connectivity index (χ4v) is 3.27. The van der Waals surface area contributed by atoms with E-state index in [1.807, 2.05) is 12.1 Å². The molecule has 0 radical (unpaired) electrons. The third-order valence-corrected chi connectivity index (χ3v) is 4.29. The highest BCUT2D eigenvalue weighted by atomic mass is 32.1. The van der Waals surface area contributed by atoms with Gasteiger partial charge in [0.25, 0.3) is 0 Å². The first-order chi connectivity index (χ1) is 9.63. The molecule has 1 aromatic heterocycles. The first-order valence-electron chi connectivity index (χ1n) is 6.51. The summed E-state index contributed by atoms with van der Waals surface area (Å²) in [7, 11) is 0. The van der Waals surface area contributed by atoms with E-state index in [0.717, 1.165) is 15.3 Å². The summed E-state index contributed by atoms with van der Waals surface area (Å²) in [5.41, 5.74) is 3.33. The lowest BCUT2D eigenvalue weighted by Gasteiger charge is -2.15. The van der Waals surface area contributed by atoms with Gasteiger partial charge in [0.1, 0.15) is 5.82 Å². The van der Waals surface area contributed by atoms with Crippen molar-refractivity contribution in [3.05, 3.63) is 59.4 Å². The van der Waals surface area contributed by atoms with Crippen LogP contribution in [0.3, 0.4) is 0 Å². The molecule has 0 aliphatic carbocycles. The number of rotatable bonds is 3. The molecule has 0 aliphatic rings. The first kappa shape index (κ1) is 13.1. The van der Waals surface area contributed by atoms with Crippen LogP contribution in [0.2, 0.25) is 0 Å². The number of nitrogens with one attached hydrogen (secondary N) is 1. The van der Waals surface area contributed by atoms with E-state index in [1.54, 1.807) is 6.07 Å². The molecule has 102 valence electrons. The molecule has 0 fully saturated rings. The molecule has 0 aliphatic heterocycles. The van der Waals surface area contributed by atoms with Crippen molar-refractivity contribution >= 4 is 26.7 Å². The number of benzene rings is 2. The molecular formula is C16H15FN2S. The Kier molecular flexibility index (Phi) is 3.40. The molecule has 1 unspecified atom stereocenters. The van der Waals surface area contributed by atoms with Gasteiger partial charge in [0.2, 0.25) is 0 Å². The van der Waals surface area contributed by atoms with Gasteiger partial charge in [-0.1, -0.05) is 35.6 Å². The fraction of sp³-hybridized carbons (Fsp3) is 0.188. The summed E-state index contributed by atoms with van der Waals surface area (Å²) in [5.74, 6) is -0.223. The Morgan fingerprint density at radius 1 is 1.20 bits per heavy atom. The minimum absolute atomic E-state index is 0.168. The van der Waals surface area contributed by atoms with E-state index >= 15 is 0 Å². The molecule has 0 saturated heterocycles. The Bertz CT molecular complexity index is 751. The molecule has 0 spiro atoms. The van der Waals surface area contributed by atoms with Crippen molar-refractivity contribution in [2.75, 3.05) is 5.32 Å². The van der Waals surface area contributed by atoms with E-state index in [4.69, 9.17) is 0 Å². The summed E-state index contributed by atoms with van der Waals surface area (Å²) in [4.78, 5) is 4.49. The zero-order valence-electron chi connectivity index (χ0n) is 11.4. The summed E-state index contributed by atoms with van der Waals surface area (Å²) in [6.45, 7) is 4.20. The molecular weight excluding hydrogens is 271 g/mol. The lowest BCUT2D eigenvalue weighted by Crippen LogP contribution is -2.07. The van der Waals surface area contributed by atoms with Crippen LogP contribution in [0.15, 0.2) is 42.5 Å². The second-order valence-electron chi connectivity index (χ2n) is 4.85. The van der Waals surface area contributed by atoms with Gasteiger partial charge in [0.15, 0.2) is 5.13 Å². The Labute approximate surface area is 121 Å². The number of aryl methyl sites for hydroxylation is 1. The second-order valence-corrected chi connectivity index (χ2v) is 5.88. The van der Waals surface area contributed by atoms with Crippen LogP contribution in [0.5, 0.6) is 0 Å². The highest BCUT2D eigenvalue weighted by Gasteiger charge is 2.11. The lowest BCUT2D eigenvalue weighted by molar-refractivity contribution is 0.630. The van der Waals surface area contributed by atoms with Gasteiger partial charge in [-0.3, -0.25) is 0 Å². The zero-order chi connectivity index (χ0) is 14.1. The van der Waals surface area contributed by atoms with Gasteiger partial charge in [0, 0.05) is 0 Å². The Morgan fingerprint density at radius 3 is 2.80 bits per heavy atom. The second kappa shape index (κ2) is 5.21. The molecule has 0 bridgehead atoms. The maximum absolute atomic E-state index is 13.2. The van der Waals surface area contributed by atoms with Crippen LogP contribution in [0.25, 0.3) is 10.2 Å². The number of fused-ring (bicyclic) bond motifs is 1. The Morgan fingerprint density at radius 2 is 2.00 bits per heavy atom. The summed E-state index contributed by atoms with van der Waals surface area (Å²) in [6, 6.07) is 13.1. The average Bonchev–Trinajstić information content (AvgIpc) is 2.80. The number of hydrogen-bond donors (Lipinski definition) is 1. The van der Waals surface area contributed by atoms with E-state index in [0.29, 0.717) is 0 Å². The molecule has 1 heterocycles. The lowest BCUT2D eigenvalue weighted by atomic mass is 10.0. The van der Waals surface area contributed by atoms with Crippen molar-refractivity contribution in [3.63, 3.8) is 0 Å². The standard InChI is InChI=1S/C16H15FN2S/c1-10-5-3-4-6-13(10)11(2)18-16-19-14-8-7-12(17)9-15(14)20-16/h3-9,11H,1-2H3,(H,18,19). The van der Waals surface area contributed by atoms with Crippen molar-refractivity contribution in [3.8, 4) is 0 Å². The summed E-state index contributed by atoms with van der Waals surface area (Å²) < 4.78 is 14.1. The number of nitrogens with zero attached hydrogens (tertiary/aromatic N) is 1. The van der Waals surface area contributed by atoms with E-state index in [-0.39, 0.29) is 11.9 Å². The maximum Gasteiger partial charge on any atom is 0.184 e. The van der Waals surface area contributed by atoms with Gasteiger partial charge < -0.3 is 5.32 Å². The van der Waals surface area contributed by atoms with Crippen LogP contribution in [0, 0.1) is 12.7 Å². The third kappa shape index (κ3) is 2.51. The third-order valence-electron chi connectivity index (χ3n) is 3.35. The van der Waals surface area contributed by atoms with E-state index < -0.39 is 0 Å². The SMILES string of the molecule is Cc1ccccc1C(C)Nc1nc2ccc(F)cc2s1. The molecule has 1 N–H and O–H groups in total. The van der Waals surface area contributed by atoms with Crippen molar-refractivity contribution in [1.82, 2.24) is 4.98 Å². The monoisotopic (exact) mass is 286 g/mol. The quantitative estimate of drug-likeness (QED) is 0.739. The van der Waals surface area contributed by atoms with Crippen LogP contribution in [0.1, 0.15) is 24.1 Å². The van der Waals surface area contributed by atoms with Crippen LogP contribution in [0.4, 0.5) is 9.52 Å². The molecule has 4 heteroatoms. The molecule has 20 heavy (non-hydrogen) atoms. The summed E-state index contributed by atoms with van der Waals surface area (Å²) >= 11 is 1.48. The minimum Gasteiger partial charge on any atom is -0.355 e. The number of thiazole rings is 1. The molecule has 0 saturated carbocycles. The van der Waals surface area contributed by atoms with Gasteiger partial charge in [-0.2, -0.15) is 0 Å². The van der Waals surface area contributed by atoms with Gasteiger partial charge in [0.05, 0.1) is 16.3 Å². The highest BCUT2D eigenvalue weighted by molar-refractivity contribution is 7.22. The molecule has 3 rings (SSSR count). The van der Waals surface area contributed by atoms with E-state index in [9.17, 15) is 4.39 Å². The Balaban J connectivity index is 1.87. The average molecular weight is 286 g/mol. The minimum atomic E-state index is -0.223. The maximum atomic E-state index is 13.2. The molecule has 2 aromatic carbocycles.